The zero-order valence-corrected chi connectivity index (χ0v) is 14.4. The summed E-state index contributed by atoms with van der Waals surface area (Å²) < 4.78 is 5.54. The molecule has 4 nitrogen and oxygen atoms in total. The van der Waals surface area contributed by atoms with Gasteiger partial charge in [-0.15, -0.1) is 0 Å². The molecule has 0 spiro atoms. The summed E-state index contributed by atoms with van der Waals surface area (Å²) >= 11 is 0. The highest BCUT2D eigenvalue weighted by molar-refractivity contribution is 5.81. The molecule has 1 aromatic carbocycles. The zero-order chi connectivity index (χ0) is 16.4. The molecule has 0 saturated carbocycles. The number of piperidine rings is 1. The lowest BCUT2D eigenvalue weighted by Gasteiger charge is -2.27. The van der Waals surface area contributed by atoms with E-state index in [9.17, 15) is 4.79 Å². The van der Waals surface area contributed by atoms with Gasteiger partial charge in [-0.05, 0) is 50.8 Å². The van der Waals surface area contributed by atoms with Crippen molar-refractivity contribution in [1.82, 2.24) is 4.98 Å². The summed E-state index contributed by atoms with van der Waals surface area (Å²) in [5.41, 5.74) is 2.97. The number of hydrogen-bond donors (Lipinski definition) is 2. The first-order valence-corrected chi connectivity index (χ1v) is 8.70. The number of pyridine rings is 1. The van der Waals surface area contributed by atoms with Gasteiger partial charge in [0.1, 0.15) is 12.3 Å². The number of aromatic nitrogens is 1. The molecule has 0 bridgehead atoms. The molecule has 0 unspecified atom stereocenters. The van der Waals surface area contributed by atoms with Crippen molar-refractivity contribution in [2.45, 2.75) is 40.2 Å². The van der Waals surface area contributed by atoms with Crippen LogP contribution in [-0.2, 0) is 6.54 Å². The maximum Gasteiger partial charge on any atom is 0.198 e. The van der Waals surface area contributed by atoms with Gasteiger partial charge >= 0.3 is 0 Å². The Balaban J connectivity index is 1.94. The second kappa shape index (κ2) is 6.75. The summed E-state index contributed by atoms with van der Waals surface area (Å²) in [6, 6.07) is 5.72. The number of nitrogens with one attached hydrogen (secondary N) is 2. The van der Waals surface area contributed by atoms with E-state index in [1.807, 2.05) is 32.0 Å². The highest BCUT2D eigenvalue weighted by Gasteiger charge is 2.21. The van der Waals surface area contributed by atoms with Crippen LogP contribution in [0.5, 0.6) is 5.75 Å². The summed E-state index contributed by atoms with van der Waals surface area (Å²) in [6.07, 6.45) is 2.52. The molecular formula is C19H27N2O2+. The Kier molecular flexibility index (Phi) is 4.71. The Bertz CT molecular complexity index is 743. The van der Waals surface area contributed by atoms with Crippen LogP contribution in [0.2, 0.25) is 0 Å². The first-order chi connectivity index (χ1) is 11.1. The van der Waals surface area contributed by atoms with Crippen LogP contribution >= 0.6 is 0 Å². The minimum Gasteiger partial charge on any atom is -0.494 e. The third-order valence-corrected chi connectivity index (χ3v) is 5.00. The molecule has 124 valence electrons. The normalized spacial score (nSPS) is 21.5. The van der Waals surface area contributed by atoms with Crippen molar-refractivity contribution in [3.63, 3.8) is 0 Å². The maximum atomic E-state index is 13.0. The Morgan fingerprint density at radius 3 is 2.74 bits per heavy atom. The second-order valence-electron chi connectivity index (χ2n) is 6.81. The van der Waals surface area contributed by atoms with Crippen LogP contribution in [0.25, 0.3) is 10.9 Å². The molecule has 1 aliphatic heterocycles. The third-order valence-electron chi connectivity index (χ3n) is 5.00. The molecule has 3 rings (SSSR count). The van der Waals surface area contributed by atoms with Gasteiger partial charge in [0.25, 0.3) is 0 Å². The van der Waals surface area contributed by atoms with Crippen molar-refractivity contribution in [2.75, 3.05) is 19.7 Å². The predicted octanol–water partition coefficient (Wildman–Crippen LogP) is 2.05. The molecule has 0 amide bonds. The first-order valence-electron chi connectivity index (χ1n) is 8.70. The summed E-state index contributed by atoms with van der Waals surface area (Å²) in [5.74, 6) is 1.59. The largest absolute Gasteiger partial charge is 0.494 e. The quantitative estimate of drug-likeness (QED) is 0.907. The van der Waals surface area contributed by atoms with Gasteiger partial charge in [0, 0.05) is 16.6 Å². The molecule has 1 fully saturated rings. The number of benzene rings is 1. The molecule has 2 heterocycles. The standard InChI is InChI=1S/C19H26N2O2/c1-4-23-15-5-6-18-16(11-15)19(22)17(14(3)20-18)12-21-9-7-13(2)8-10-21/h5-6,11,13H,4,7-10,12H2,1-3H3,(H,20,22)/p+1. The lowest BCUT2D eigenvalue weighted by atomic mass is 9.98. The minimum atomic E-state index is 0.156. The van der Waals surface area contributed by atoms with Crippen molar-refractivity contribution in [3.05, 3.63) is 39.7 Å². The molecule has 1 aliphatic rings. The summed E-state index contributed by atoms with van der Waals surface area (Å²) in [5, 5.41) is 0.737. The van der Waals surface area contributed by atoms with Gasteiger partial charge in [0.15, 0.2) is 5.43 Å². The number of aromatic amines is 1. The van der Waals surface area contributed by atoms with Gasteiger partial charge < -0.3 is 14.6 Å². The van der Waals surface area contributed by atoms with E-state index in [0.29, 0.717) is 6.61 Å². The van der Waals surface area contributed by atoms with Crippen LogP contribution < -0.4 is 15.1 Å². The number of rotatable bonds is 4. The van der Waals surface area contributed by atoms with Crippen molar-refractivity contribution in [1.29, 1.82) is 0 Å². The van der Waals surface area contributed by atoms with E-state index in [4.69, 9.17) is 4.74 Å². The molecular weight excluding hydrogens is 288 g/mol. The smallest absolute Gasteiger partial charge is 0.198 e. The first kappa shape index (κ1) is 16.1. The van der Waals surface area contributed by atoms with E-state index in [1.165, 1.54) is 17.7 Å². The fourth-order valence-corrected chi connectivity index (χ4v) is 3.50. The second-order valence-corrected chi connectivity index (χ2v) is 6.81. The van der Waals surface area contributed by atoms with Gasteiger partial charge in [-0.2, -0.15) is 0 Å². The predicted molar refractivity (Wildman–Crippen MR) is 93.3 cm³/mol. The van der Waals surface area contributed by atoms with E-state index in [0.717, 1.165) is 53.5 Å². The molecule has 1 aromatic heterocycles. The van der Waals surface area contributed by atoms with Gasteiger partial charge in [-0.25, -0.2) is 0 Å². The number of ether oxygens (including phenoxy) is 1. The average Bonchev–Trinajstić information content (AvgIpc) is 2.54. The molecule has 0 atom stereocenters. The van der Waals surface area contributed by atoms with Gasteiger partial charge in [-0.1, -0.05) is 6.92 Å². The number of fused-ring (bicyclic) bond motifs is 1. The Hall–Kier alpha value is -1.81. The van der Waals surface area contributed by atoms with Crippen LogP contribution in [-0.4, -0.2) is 24.7 Å². The number of likely N-dealkylation sites (tertiary alicyclic amines) is 1. The SMILES string of the molecule is CCOc1ccc2[nH]c(C)c(C[NH+]3CCC(C)CC3)c(=O)c2c1. The van der Waals surface area contributed by atoms with Gasteiger partial charge in [0.2, 0.25) is 0 Å². The molecule has 0 radical (unpaired) electrons. The zero-order valence-electron chi connectivity index (χ0n) is 14.4. The summed E-state index contributed by atoms with van der Waals surface area (Å²) in [4.78, 5) is 17.9. The van der Waals surface area contributed by atoms with Crippen molar-refractivity contribution in [3.8, 4) is 5.75 Å². The lowest BCUT2D eigenvalue weighted by molar-refractivity contribution is -0.919. The average molecular weight is 315 g/mol. The van der Waals surface area contributed by atoms with Crippen LogP contribution in [0.1, 0.15) is 37.9 Å². The van der Waals surface area contributed by atoms with E-state index in [1.54, 1.807) is 0 Å². The molecule has 0 aliphatic carbocycles. The highest BCUT2D eigenvalue weighted by Crippen LogP contribution is 2.18. The summed E-state index contributed by atoms with van der Waals surface area (Å²) in [6.45, 7) is 10.0. The fourth-order valence-electron chi connectivity index (χ4n) is 3.50. The van der Waals surface area contributed by atoms with Crippen LogP contribution in [0.3, 0.4) is 0 Å². The fraction of sp³-hybridized carbons (Fsp3) is 0.526. The minimum absolute atomic E-state index is 0.156. The molecule has 2 N–H and O–H groups in total. The topological polar surface area (TPSA) is 46.5 Å². The Labute approximate surface area is 137 Å². The highest BCUT2D eigenvalue weighted by atomic mass is 16.5. The van der Waals surface area contributed by atoms with E-state index >= 15 is 0 Å². The van der Waals surface area contributed by atoms with Crippen LogP contribution in [0.4, 0.5) is 0 Å². The van der Waals surface area contributed by atoms with Crippen molar-refractivity contribution < 1.29 is 9.64 Å². The molecule has 4 heteroatoms. The third kappa shape index (κ3) is 3.42. The van der Waals surface area contributed by atoms with Gasteiger partial charge in [-0.3, -0.25) is 4.79 Å². The number of hydrogen-bond acceptors (Lipinski definition) is 2. The Morgan fingerprint density at radius 2 is 2.04 bits per heavy atom. The Morgan fingerprint density at radius 1 is 1.30 bits per heavy atom. The van der Waals surface area contributed by atoms with Crippen LogP contribution in [0.15, 0.2) is 23.0 Å². The summed E-state index contributed by atoms with van der Waals surface area (Å²) in [7, 11) is 0. The van der Waals surface area contributed by atoms with E-state index in [-0.39, 0.29) is 5.43 Å². The monoisotopic (exact) mass is 315 g/mol. The van der Waals surface area contributed by atoms with E-state index in [2.05, 4.69) is 11.9 Å². The van der Waals surface area contributed by atoms with E-state index < -0.39 is 0 Å². The molecule has 1 saturated heterocycles. The molecule has 23 heavy (non-hydrogen) atoms. The van der Waals surface area contributed by atoms with Crippen molar-refractivity contribution in [2.24, 2.45) is 5.92 Å². The number of quaternary nitrogens is 1. The number of H-pyrrole nitrogens is 1. The maximum absolute atomic E-state index is 13.0. The molecule has 2 aromatic rings. The van der Waals surface area contributed by atoms with Gasteiger partial charge in [0.05, 0.1) is 25.3 Å². The number of aryl methyl sites for hydroxylation is 1. The van der Waals surface area contributed by atoms with Crippen molar-refractivity contribution >= 4 is 10.9 Å². The van der Waals surface area contributed by atoms with Crippen LogP contribution in [0, 0.1) is 12.8 Å². The lowest BCUT2D eigenvalue weighted by Crippen LogP contribution is -3.12.